The van der Waals surface area contributed by atoms with Crippen molar-refractivity contribution in [1.82, 2.24) is 4.57 Å². The lowest BCUT2D eigenvalue weighted by molar-refractivity contribution is -0.119. The molecule has 3 rings (SSSR count). The van der Waals surface area contributed by atoms with Crippen molar-refractivity contribution in [3.05, 3.63) is 39.5 Å². The van der Waals surface area contributed by atoms with E-state index in [2.05, 4.69) is 20.9 Å². The average Bonchev–Trinajstić information content (AvgIpc) is 2.84. The number of hydrogen-bond acceptors (Lipinski definition) is 4. The Kier molecular flexibility index (Phi) is 4.12. The molecule has 2 heterocycles. The third kappa shape index (κ3) is 2.89. The molecule has 1 aliphatic rings. The third-order valence-corrected chi connectivity index (χ3v) is 4.55. The molecule has 1 aromatic heterocycles. The molecule has 0 atom stereocenters. The van der Waals surface area contributed by atoms with E-state index in [0.29, 0.717) is 18.0 Å². The molecule has 0 fully saturated rings. The van der Waals surface area contributed by atoms with Crippen LogP contribution in [-0.2, 0) is 20.8 Å². The first-order valence-corrected chi connectivity index (χ1v) is 8.12. The Bertz CT molecular complexity index is 791. The Morgan fingerprint density at radius 2 is 2.33 bits per heavy atom. The second-order valence-electron chi connectivity index (χ2n) is 4.36. The highest BCUT2D eigenvalue weighted by Gasteiger charge is 2.15. The number of aryl methyl sites for hydroxylation is 1. The Morgan fingerprint density at radius 3 is 3.05 bits per heavy atom. The number of ether oxygens (including phenoxy) is 2. The zero-order valence-corrected chi connectivity index (χ0v) is 13.7. The van der Waals surface area contributed by atoms with Crippen molar-refractivity contribution in [3.63, 3.8) is 0 Å². The summed E-state index contributed by atoms with van der Waals surface area (Å²) in [5.74, 6) is -0.259. The van der Waals surface area contributed by atoms with Gasteiger partial charge in [0.2, 0.25) is 5.76 Å². The highest BCUT2D eigenvalue weighted by Crippen LogP contribution is 2.22. The molecule has 0 aliphatic carbocycles. The van der Waals surface area contributed by atoms with Crippen molar-refractivity contribution >= 4 is 43.4 Å². The zero-order valence-electron chi connectivity index (χ0n) is 11.3. The molecule has 0 unspecified atom stereocenters. The fraction of sp³-hybridized carbons (Fsp3) is 0.286. The van der Waals surface area contributed by atoms with Gasteiger partial charge in [-0.3, -0.25) is 4.79 Å². The number of carbonyl (C=O) groups excluding carboxylic acids is 1. The zero-order chi connectivity index (χ0) is 14.8. The Morgan fingerprint density at radius 1 is 1.48 bits per heavy atom. The standard InChI is InChI=1S/C14H13BrN2O3S/c1-2-17-10-4-3-9(15)7-12(10)21-14(17)16-13(18)11-8-19-5-6-20-11/h3-4,7-8H,2,5-6H2,1H3. The molecule has 2 aromatic rings. The van der Waals surface area contributed by atoms with Gasteiger partial charge in [-0.05, 0) is 25.1 Å². The summed E-state index contributed by atoms with van der Waals surface area (Å²) < 4.78 is 14.4. The van der Waals surface area contributed by atoms with Crippen LogP contribution in [0.1, 0.15) is 6.92 Å². The predicted molar refractivity (Wildman–Crippen MR) is 83.7 cm³/mol. The minimum absolute atomic E-state index is 0.155. The van der Waals surface area contributed by atoms with Crippen LogP contribution >= 0.6 is 27.3 Å². The maximum Gasteiger partial charge on any atom is 0.317 e. The molecule has 1 aliphatic heterocycles. The molecule has 110 valence electrons. The molecule has 0 bridgehead atoms. The van der Waals surface area contributed by atoms with Gasteiger partial charge in [-0.15, -0.1) is 0 Å². The first-order chi connectivity index (χ1) is 10.2. The molecule has 21 heavy (non-hydrogen) atoms. The second kappa shape index (κ2) is 6.03. The van der Waals surface area contributed by atoms with E-state index in [1.165, 1.54) is 17.6 Å². The molecule has 0 spiro atoms. The van der Waals surface area contributed by atoms with Crippen LogP contribution < -0.4 is 4.80 Å². The first kappa shape index (κ1) is 14.3. The van der Waals surface area contributed by atoms with Crippen molar-refractivity contribution in [2.75, 3.05) is 13.2 Å². The average molecular weight is 369 g/mol. The molecular formula is C14H13BrN2O3S. The van der Waals surface area contributed by atoms with Crippen LogP contribution in [0, 0.1) is 0 Å². The number of aromatic nitrogens is 1. The van der Waals surface area contributed by atoms with E-state index in [-0.39, 0.29) is 5.76 Å². The van der Waals surface area contributed by atoms with Crippen LogP contribution in [0.5, 0.6) is 0 Å². The molecule has 0 radical (unpaired) electrons. The lowest BCUT2D eigenvalue weighted by atomic mass is 10.3. The molecule has 0 saturated carbocycles. The molecule has 5 nitrogen and oxygen atoms in total. The van der Waals surface area contributed by atoms with Crippen molar-refractivity contribution in [3.8, 4) is 0 Å². The van der Waals surface area contributed by atoms with Crippen molar-refractivity contribution in [2.24, 2.45) is 4.99 Å². The van der Waals surface area contributed by atoms with Gasteiger partial charge in [0.1, 0.15) is 19.5 Å². The largest absolute Gasteiger partial charge is 0.494 e. The summed E-state index contributed by atoms with van der Waals surface area (Å²) in [4.78, 5) is 17.0. The smallest absolute Gasteiger partial charge is 0.317 e. The third-order valence-electron chi connectivity index (χ3n) is 3.02. The maximum absolute atomic E-state index is 12.1. The van der Waals surface area contributed by atoms with Gasteiger partial charge in [0.25, 0.3) is 0 Å². The normalized spacial score (nSPS) is 15.5. The number of hydrogen-bond donors (Lipinski definition) is 0. The number of benzene rings is 1. The summed E-state index contributed by atoms with van der Waals surface area (Å²) in [5.41, 5.74) is 1.06. The van der Waals surface area contributed by atoms with Crippen LogP contribution in [0.15, 0.2) is 39.7 Å². The van der Waals surface area contributed by atoms with Crippen LogP contribution in [0.25, 0.3) is 10.2 Å². The first-order valence-electron chi connectivity index (χ1n) is 6.51. The van der Waals surface area contributed by atoms with Gasteiger partial charge in [0.05, 0.1) is 10.2 Å². The fourth-order valence-corrected chi connectivity index (χ4v) is 3.70. The van der Waals surface area contributed by atoms with Gasteiger partial charge in [-0.1, -0.05) is 27.3 Å². The number of amides is 1. The van der Waals surface area contributed by atoms with Gasteiger partial charge in [0.15, 0.2) is 4.80 Å². The van der Waals surface area contributed by atoms with Gasteiger partial charge in [-0.2, -0.15) is 4.99 Å². The maximum atomic E-state index is 12.1. The van der Waals surface area contributed by atoms with E-state index in [1.807, 2.05) is 29.7 Å². The highest BCUT2D eigenvalue weighted by molar-refractivity contribution is 9.10. The molecule has 1 aromatic carbocycles. The summed E-state index contributed by atoms with van der Waals surface area (Å²) in [7, 11) is 0. The fourth-order valence-electron chi connectivity index (χ4n) is 2.06. The SMILES string of the molecule is CCn1c(=NC(=O)C2=COCCO2)sc2cc(Br)ccc21. The number of fused-ring (bicyclic) bond motifs is 1. The number of nitrogens with zero attached hydrogens (tertiary/aromatic N) is 2. The lowest BCUT2D eigenvalue weighted by Crippen LogP contribution is -2.19. The van der Waals surface area contributed by atoms with Gasteiger partial charge >= 0.3 is 5.91 Å². The van der Waals surface area contributed by atoms with E-state index in [9.17, 15) is 4.79 Å². The topological polar surface area (TPSA) is 52.8 Å². The van der Waals surface area contributed by atoms with Gasteiger partial charge in [0, 0.05) is 11.0 Å². The van der Waals surface area contributed by atoms with E-state index in [4.69, 9.17) is 9.47 Å². The Hall–Kier alpha value is -1.60. The number of rotatable bonds is 2. The number of thiazole rings is 1. The summed E-state index contributed by atoms with van der Waals surface area (Å²) in [6.45, 7) is 3.60. The molecular weight excluding hydrogens is 356 g/mol. The van der Waals surface area contributed by atoms with Crippen LogP contribution in [0.3, 0.4) is 0 Å². The quantitative estimate of drug-likeness (QED) is 0.818. The van der Waals surface area contributed by atoms with Crippen molar-refractivity contribution < 1.29 is 14.3 Å². The summed E-state index contributed by atoms with van der Waals surface area (Å²) in [5, 5.41) is 0. The Balaban J connectivity index is 2.08. The van der Waals surface area contributed by atoms with Crippen LogP contribution in [0.2, 0.25) is 0 Å². The highest BCUT2D eigenvalue weighted by atomic mass is 79.9. The van der Waals surface area contributed by atoms with Gasteiger partial charge < -0.3 is 14.0 Å². The van der Waals surface area contributed by atoms with Crippen LogP contribution in [-0.4, -0.2) is 23.7 Å². The minimum atomic E-state index is -0.414. The van der Waals surface area contributed by atoms with E-state index >= 15 is 0 Å². The summed E-state index contributed by atoms with van der Waals surface area (Å²) in [6.07, 6.45) is 1.33. The number of halogens is 1. The van der Waals surface area contributed by atoms with E-state index in [1.54, 1.807) is 0 Å². The van der Waals surface area contributed by atoms with Crippen LogP contribution in [0.4, 0.5) is 0 Å². The molecule has 1 amide bonds. The summed E-state index contributed by atoms with van der Waals surface area (Å²) >= 11 is 4.93. The van der Waals surface area contributed by atoms with E-state index < -0.39 is 5.91 Å². The Labute approximate surface area is 133 Å². The second-order valence-corrected chi connectivity index (χ2v) is 6.28. The monoisotopic (exact) mass is 368 g/mol. The van der Waals surface area contributed by atoms with Crippen molar-refractivity contribution in [2.45, 2.75) is 13.5 Å². The van der Waals surface area contributed by atoms with E-state index in [0.717, 1.165) is 21.2 Å². The predicted octanol–water partition coefficient (Wildman–Crippen LogP) is 2.80. The van der Waals surface area contributed by atoms with Gasteiger partial charge in [-0.25, -0.2) is 0 Å². The lowest BCUT2D eigenvalue weighted by Gasteiger charge is -2.12. The molecule has 0 saturated heterocycles. The number of carbonyl (C=O) groups is 1. The minimum Gasteiger partial charge on any atom is -0.494 e. The summed E-state index contributed by atoms with van der Waals surface area (Å²) in [6, 6.07) is 6.02. The molecule has 7 heteroatoms. The molecule has 0 N–H and O–H groups in total. The van der Waals surface area contributed by atoms with Crippen molar-refractivity contribution in [1.29, 1.82) is 0 Å².